The summed E-state index contributed by atoms with van der Waals surface area (Å²) in [6.45, 7) is 7.85. The second-order valence-corrected chi connectivity index (χ2v) is 35.6. The van der Waals surface area contributed by atoms with Crippen LogP contribution in [0, 0.1) is 0 Å². The molecule has 0 saturated heterocycles. The predicted octanol–water partition coefficient (Wildman–Crippen LogP) is 19.4. The van der Waals surface area contributed by atoms with Gasteiger partial charge in [-0.3, -0.25) is 28.8 Å². The number of primary amides is 1. The third-order valence-corrected chi connectivity index (χ3v) is 24.2. The third-order valence-electron chi connectivity index (χ3n) is 16.9. The first-order valence-electron chi connectivity index (χ1n) is 38.4. The third kappa shape index (κ3) is 26.4. The van der Waals surface area contributed by atoms with Gasteiger partial charge in [-0.25, -0.2) is 9.59 Å². The number of hydrogen-bond acceptors (Lipinski definition) is 33. The van der Waals surface area contributed by atoms with E-state index in [0.717, 1.165) is 82.4 Å². The summed E-state index contributed by atoms with van der Waals surface area (Å²) in [4.78, 5) is 99.4. The Hall–Kier alpha value is -13.7. The van der Waals surface area contributed by atoms with Crippen LogP contribution in [-0.2, 0) is 4.74 Å². The fraction of sp³-hybridized carbons (Fsp3) is 0.186. The summed E-state index contributed by atoms with van der Waals surface area (Å²) in [5, 5.41) is 65.5. The smallest absolute Gasteiger partial charge is 0.360 e. The summed E-state index contributed by atoms with van der Waals surface area (Å²) in [5.74, 6) is 1.82. The van der Waals surface area contributed by atoms with Crippen LogP contribution in [0.2, 0.25) is 0 Å². The topological polar surface area (TPSA) is 460 Å². The number of carboxylic acids is 1. The molecule has 1 aromatic carbocycles. The maximum atomic E-state index is 11.9. The predicted molar refractivity (Wildman–Crippen MR) is 477 cm³/mol. The lowest BCUT2D eigenvalue weighted by Gasteiger charge is -2.19. The van der Waals surface area contributed by atoms with Crippen LogP contribution >= 0.6 is 90.7 Å². The van der Waals surface area contributed by atoms with E-state index in [9.17, 15) is 38.4 Å². The van der Waals surface area contributed by atoms with Crippen molar-refractivity contribution in [2.24, 2.45) is 5.73 Å². The molecule has 8 N–H and O–H groups in total. The maximum Gasteiger partial charge on any atom is 0.360 e. The number of aromatic nitrogens is 8. The molecule has 3 fully saturated rings. The first-order valence-corrected chi connectivity index (χ1v) is 45.4. The van der Waals surface area contributed by atoms with Crippen LogP contribution in [0.3, 0.4) is 0 Å². The zero-order valence-electron chi connectivity index (χ0n) is 67.3. The van der Waals surface area contributed by atoms with Crippen LogP contribution in [0.5, 0.6) is 0 Å². The second kappa shape index (κ2) is 43.5. The van der Waals surface area contributed by atoms with E-state index < -0.39 is 17.8 Å². The molecule has 646 valence electrons. The number of benzene rings is 1. The number of nitrogens with zero attached hydrogens (tertiary/aromatic N) is 8. The monoisotopic (exact) mass is 1850 g/mol. The Balaban J connectivity index is 0.000000124. The molecule has 6 amide bonds. The van der Waals surface area contributed by atoms with Gasteiger partial charge in [0.05, 0.1) is 45.6 Å². The lowest BCUT2D eigenvalue weighted by molar-refractivity contribution is 0.0513. The number of nitrogens with two attached hydrogens (primary N) is 1. The van der Waals surface area contributed by atoms with Gasteiger partial charge in [0, 0.05) is 84.1 Å². The van der Waals surface area contributed by atoms with Gasteiger partial charge < -0.3 is 78.3 Å². The molecule has 3 aliphatic carbocycles. The van der Waals surface area contributed by atoms with Gasteiger partial charge in [-0.15, -0.1) is 90.7 Å². The Labute approximate surface area is 748 Å². The Bertz CT molecular complexity index is 6120. The van der Waals surface area contributed by atoms with E-state index in [1.165, 1.54) is 51.7 Å². The first-order chi connectivity index (χ1) is 61.1. The number of amides is 6. The minimum Gasteiger partial charge on any atom is -0.476 e. The summed E-state index contributed by atoms with van der Waals surface area (Å²) < 4.78 is 45.4. The molecule has 20 rings (SSSR count). The Kier molecular flexibility index (Phi) is 31.1. The lowest BCUT2D eigenvalue weighted by Crippen LogP contribution is -2.40. The Morgan fingerprint density at radius 2 is 0.643 bits per heavy atom. The van der Waals surface area contributed by atoms with Crippen molar-refractivity contribution in [3.05, 3.63) is 259 Å². The number of carboxylic acid groups (broad SMARTS) is 1. The van der Waals surface area contributed by atoms with Crippen molar-refractivity contribution in [2.45, 2.75) is 89.9 Å². The Morgan fingerprint density at radius 3 is 0.921 bits per heavy atom. The number of carbonyl (C=O) groups is 8. The van der Waals surface area contributed by atoms with E-state index in [2.05, 4.69) is 86.0 Å². The van der Waals surface area contributed by atoms with Crippen molar-refractivity contribution in [3.8, 4) is 95.5 Å². The van der Waals surface area contributed by atoms with Gasteiger partial charge in [-0.05, 0) is 164 Å². The van der Waals surface area contributed by atoms with Gasteiger partial charge in [0.25, 0.3) is 35.4 Å². The molecule has 32 nitrogen and oxygen atoms in total. The number of thiophene rings is 8. The van der Waals surface area contributed by atoms with E-state index in [-0.39, 0.29) is 52.2 Å². The number of aromatic carboxylic acids is 1. The normalized spacial score (nSPS) is 12.2. The number of hydrogen-bond donors (Lipinski definition) is 7. The molecule has 3 saturated carbocycles. The summed E-state index contributed by atoms with van der Waals surface area (Å²) in [5.41, 5.74) is 7.88. The van der Waals surface area contributed by atoms with Crippen molar-refractivity contribution in [3.63, 3.8) is 0 Å². The van der Waals surface area contributed by atoms with Crippen LogP contribution in [0.4, 0.5) is 0 Å². The van der Waals surface area contributed by atoms with Crippen molar-refractivity contribution in [2.75, 3.05) is 13.7 Å². The molecule has 0 radical (unpaired) electrons. The maximum absolute atomic E-state index is 11.9. The number of carbonyl (C=O) groups excluding carboxylic acids is 7. The molecule has 3 aliphatic rings. The quantitative estimate of drug-likeness (QED) is 0.0329. The van der Waals surface area contributed by atoms with Crippen LogP contribution in [0.15, 0.2) is 250 Å². The molecule has 0 bridgehead atoms. The second-order valence-electron chi connectivity index (χ2n) is 27.9. The van der Waals surface area contributed by atoms with Crippen LogP contribution < -0.4 is 32.3 Å². The van der Waals surface area contributed by atoms with E-state index in [1.54, 1.807) is 107 Å². The van der Waals surface area contributed by atoms with Gasteiger partial charge in [0.15, 0.2) is 91.6 Å². The molecule has 40 heteroatoms. The number of esters is 1. The van der Waals surface area contributed by atoms with E-state index >= 15 is 0 Å². The summed E-state index contributed by atoms with van der Waals surface area (Å²) in [6.07, 6.45) is 6.40. The molecule has 0 atom stereocenters. The zero-order chi connectivity index (χ0) is 88.5. The van der Waals surface area contributed by atoms with Crippen LogP contribution in [0.1, 0.15) is 150 Å². The van der Waals surface area contributed by atoms with Crippen LogP contribution in [-0.4, -0.2) is 131 Å². The molecule has 16 heterocycles. The first kappa shape index (κ1) is 90.0. The highest BCUT2D eigenvalue weighted by Gasteiger charge is 2.29. The SMILES string of the molecule is CC(C)(C)NC(=O)c1cc(-c2cccs2)on1.CCOC(=O)c1cc(-c2cccs2)on1.CNC(=O)c1cc(-c2cccs2)on1.NC(=O)c1cc(-c2cccs2)on1.O=C(NC1CC1)c1cc(-c2ccc(-c3ccccc3)s2)on1.O=C(NC1CC1)c1cc(-c2cccs2)on1.O=C(NC1CC1)c1cc(-c2cccs2)on1.O=C(O)c1cc(-c2cccs2)on1. The zero-order valence-corrected chi connectivity index (χ0v) is 73.8. The average molecular weight is 1850 g/mol. The fourth-order valence-corrected chi connectivity index (χ4v) is 16.0. The highest BCUT2D eigenvalue weighted by molar-refractivity contribution is 7.19. The van der Waals surface area contributed by atoms with Gasteiger partial charge >= 0.3 is 11.9 Å². The van der Waals surface area contributed by atoms with Gasteiger partial charge in [0.1, 0.15) is 0 Å². The van der Waals surface area contributed by atoms with Crippen molar-refractivity contribution < 1.29 is 84.4 Å². The summed E-state index contributed by atoms with van der Waals surface area (Å²) in [7, 11) is 1.56. The molecule has 0 unspecified atom stereocenters. The van der Waals surface area contributed by atoms with Crippen molar-refractivity contribution in [1.82, 2.24) is 67.8 Å². The van der Waals surface area contributed by atoms with Crippen LogP contribution in [0.25, 0.3) is 95.5 Å². The van der Waals surface area contributed by atoms with Gasteiger partial charge in [0.2, 0.25) is 0 Å². The molecule has 126 heavy (non-hydrogen) atoms. The Morgan fingerprint density at radius 1 is 0.365 bits per heavy atom. The molecular weight excluding hydrogens is 1770 g/mol. The highest BCUT2D eigenvalue weighted by Crippen LogP contribution is 2.37. The minimum absolute atomic E-state index is 0.0663. The number of rotatable bonds is 21. The largest absolute Gasteiger partial charge is 0.476 e. The molecule has 0 aliphatic heterocycles. The van der Waals surface area contributed by atoms with E-state index in [1.807, 2.05) is 168 Å². The number of nitrogens with one attached hydrogen (secondary N) is 5. The molecule has 17 aromatic rings. The minimum atomic E-state index is -1.08. The standard InChI is InChI=1S/C17H14N2O2S.C12H14N2O2S.2C11H10N2O2S.C10H9NO3S.C9H8N2O2S.C8H6N2O2S.C8H5NO3S/c20-17(18-12-6-7-12)13-10-14(21-19-13)16-9-8-15(22-16)11-4-2-1-3-5-11;1-12(2,3)13-11(15)8-7-9(16-14-8)10-5-4-6-17-10;2*14-11(12-7-3-4-7)8-6-9(15-13-8)10-2-1-5-16-10;1-2-13-10(12)7-6-8(14-11-7)9-4-3-5-15-9;1-10-9(12)6-5-7(13-11-6)8-3-2-4-14-8;9-8(11)5-4-6(12-10-5)7-2-1-3-13-7;10-8(11)5-4-6(12-9-5)7-2-1-3-13-7/h1-5,8-10,12H,6-7H2,(H,18,20);4-7H,1-3H3,(H,13,15);2*1-2,5-7H,3-4H2,(H,12,14);3-6H,2H2,1H3;2-5H,1H3,(H,10,12);1-4H,(H2,9,11);1-4H,(H,10,11). The van der Waals surface area contributed by atoms with E-state index in [4.69, 9.17) is 51.8 Å². The van der Waals surface area contributed by atoms with Gasteiger partial charge in [-0.2, -0.15) is 0 Å². The fourth-order valence-electron chi connectivity index (χ4n) is 10.3. The van der Waals surface area contributed by atoms with E-state index in [0.29, 0.717) is 99.3 Å². The molecule has 0 spiro atoms. The summed E-state index contributed by atoms with van der Waals surface area (Å²) in [6, 6.07) is 54.9. The van der Waals surface area contributed by atoms with Crippen molar-refractivity contribution >= 4 is 138 Å². The number of ether oxygens (including phenoxy) is 1. The molecule has 16 aromatic heterocycles. The molecular formula is C86H76N14O18S8. The van der Waals surface area contributed by atoms with Gasteiger partial charge in [-0.1, -0.05) is 114 Å². The van der Waals surface area contributed by atoms with Crippen molar-refractivity contribution in [1.29, 1.82) is 0 Å². The average Bonchev–Trinajstić information content (AvgIpc) is 1.69. The highest BCUT2D eigenvalue weighted by atomic mass is 32.1. The lowest BCUT2D eigenvalue weighted by atomic mass is 10.1. The summed E-state index contributed by atoms with van der Waals surface area (Å²) >= 11 is 12.4.